The van der Waals surface area contributed by atoms with Crippen LogP contribution in [-0.2, 0) is 24.0 Å². The average Bonchev–Trinajstić information content (AvgIpc) is 3.15. The Labute approximate surface area is 276 Å². The number of hydrogen-bond donors (Lipinski definition) is 3. The number of aliphatic carboxylic acids is 1. The van der Waals surface area contributed by atoms with Crippen molar-refractivity contribution < 1.29 is 33.8 Å². The van der Waals surface area contributed by atoms with E-state index in [2.05, 4.69) is 10.6 Å². The summed E-state index contributed by atoms with van der Waals surface area (Å²) in [4.78, 5) is 68.0. The number of anilines is 2. The van der Waals surface area contributed by atoms with Gasteiger partial charge >= 0.3 is 5.97 Å². The Morgan fingerprint density at radius 1 is 1.02 bits per heavy atom. The Balaban J connectivity index is 1.65. The molecule has 0 aliphatic carbocycles. The fourth-order valence-corrected chi connectivity index (χ4v) is 6.92. The zero-order valence-corrected chi connectivity index (χ0v) is 27.5. The largest absolute Gasteiger partial charge is 0.483 e. The average molecular weight is 664 g/mol. The van der Waals surface area contributed by atoms with Crippen LogP contribution >= 0.6 is 23.5 Å². The summed E-state index contributed by atoms with van der Waals surface area (Å²) in [6.45, 7) is 2.84. The van der Waals surface area contributed by atoms with Gasteiger partial charge in [-0.3, -0.25) is 28.9 Å². The number of carboxylic acids is 1. The van der Waals surface area contributed by atoms with Crippen LogP contribution in [0.15, 0.2) is 82.6 Å². The van der Waals surface area contributed by atoms with Gasteiger partial charge in [0, 0.05) is 10.6 Å². The molecule has 3 amide bonds. The van der Waals surface area contributed by atoms with E-state index in [9.17, 15) is 24.0 Å². The summed E-state index contributed by atoms with van der Waals surface area (Å²) in [5, 5.41) is 13.7. The van der Waals surface area contributed by atoms with Crippen molar-refractivity contribution in [2.75, 3.05) is 24.3 Å². The van der Waals surface area contributed by atoms with Gasteiger partial charge in [0.05, 0.1) is 10.6 Å². The molecular formula is C34H37N3O7S2. The van der Waals surface area contributed by atoms with E-state index < -0.39 is 42.4 Å². The number of carboxylic acid groups (broad SMARTS) is 1. The molecule has 242 valence electrons. The molecule has 2 atom stereocenters. The maximum atomic E-state index is 14.4. The van der Waals surface area contributed by atoms with Gasteiger partial charge in [-0.15, -0.1) is 11.8 Å². The van der Waals surface area contributed by atoms with E-state index >= 15 is 0 Å². The molecule has 0 bridgehead atoms. The lowest BCUT2D eigenvalue weighted by Crippen LogP contribution is -2.44. The first-order valence-electron chi connectivity index (χ1n) is 15.0. The van der Waals surface area contributed by atoms with Crippen LogP contribution in [0.25, 0.3) is 0 Å². The van der Waals surface area contributed by atoms with Crippen LogP contribution in [0.5, 0.6) is 5.75 Å². The second-order valence-corrected chi connectivity index (χ2v) is 12.5. The lowest BCUT2D eigenvalue weighted by Gasteiger charge is -2.33. The first-order chi connectivity index (χ1) is 22.1. The first kappa shape index (κ1) is 34.6. The summed E-state index contributed by atoms with van der Waals surface area (Å²) in [7, 11) is 0. The maximum Gasteiger partial charge on any atom is 0.322 e. The Morgan fingerprint density at radius 3 is 2.30 bits per heavy atom. The fourth-order valence-electron chi connectivity index (χ4n) is 5.22. The molecule has 0 spiro atoms. The highest BCUT2D eigenvalue weighted by Crippen LogP contribution is 2.51. The van der Waals surface area contributed by atoms with Crippen molar-refractivity contribution in [2.24, 2.45) is 5.41 Å². The molecule has 3 aromatic carbocycles. The number of carbonyl (C=O) groups is 5. The lowest BCUT2D eigenvalue weighted by molar-refractivity contribution is -0.138. The van der Waals surface area contributed by atoms with Crippen molar-refractivity contribution in [2.45, 2.75) is 55.4 Å². The summed E-state index contributed by atoms with van der Waals surface area (Å²) in [6, 6.07) is 20.0. The zero-order valence-electron chi connectivity index (χ0n) is 25.9. The molecule has 1 aliphatic rings. The number of amides is 3. The number of nitrogens with one attached hydrogen (secondary N) is 2. The van der Waals surface area contributed by atoms with Gasteiger partial charge in [-0.25, -0.2) is 0 Å². The Hall–Kier alpha value is -4.29. The molecule has 1 heterocycles. The van der Waals surface area contributed by atoms with Gasteiger partial charge in [0.25, 0.3) is 5.91 Å². The van der Waals surface area contributed by atoms with E-state index in [0.717, 1.165) is 24.6 Å². The monoisotopic (exact) mass is 663 g/mol. The molecule has 4 rings (SSSR count). The minimum absolute atomic E-state index is 0.230. The summed E-state index contributed by atoms with van der Waals surface area (Å²) in [5.41, 5.74) is 0.467. The highest BCUT2D eigenvalue weighted by molar-refractivity contribution is 8.14. The molecule has 0 radical (unpaired) electrons. The molecular weight excluding hydrogens is 627 g/mol. The summed E-state index contributed by atoms with van der Waals surface area (Å²) in [6.07, 6.45) is 4.20. The van der Waals surface area contributed by atoms with E-state index in [4.69, 9.17) is 9.84 Å². The topological polar surface area (TPSA) is 142 Å². The molecule has 46 heavy (non-hydrogen) atoms. The van der Waals surface area contributed by atoms with Crippen LogP contribution in [0, 0.1) is 5.41 Å². The van der Waals surface area contributed by atoms with E-state index in [0.29, 0.717) is 45.3 Å². The van der Waals surface area contributed by atoms with Gasteiger partial charge < -0.3 is 20.5 Å². The normalized spacial score (nSPS) is 16.6. The number of rotatable bonds is 14. The van der Waals surface area contributed by atoms with Crippen molar-refractivity contribution in [1.82, 2.24) is 10.6 Å². The van der Waals surface area contributed by atoms with Gasteiger partial charge in [-0.2, -0.15) is 0 Å². The second kappa shape index (κ2) is 15.8. The Bertz CT molecular complexity index is 1590. The Morgan fingerprint density at radius 2 is 1.70 bits per heavy atom. The molecule has 3 aromatic rings. The summed E-state index contributed by atoms with van der Waals surface area (Å²) in [5.74, 6) is -2.44. The van der Waals surface area contributed by atoms with Gasteiger partial charge in [0.1, 0.15) is 23.8 Å². The second-order valence-electron chi connectivity index (χ2n) is 10.7. The first-order valence-corrected chi connectivity index (χ1v) is 17.0. The minimum Gasteiger partial charge on any atom is -0.483 e. The van der Waals surface area contributed by atoms with Gasteiger partial charge in [0.2, 0.25) is 16.9 Å². The van der Waals surface area contributed by atoms with E-state index in [-0.39, 0.29) is 11.0 Å². The van der Waals surface area contributed by atoms with Crippen LogP contribution in [0.2, 0.25) is 0 Å². The highest BCUT2D eigenvalue weighted by Gasteiger charge is 2.49. The van der Waals surface area contributed by atoms with Crippen LogP contribution in [-0.4, -0.2) is 53.3 Å². The number of unbranched alkanes of at least 4 members (excludes halogenated alkanes) is 1. The minimum atomic E-state index is -1.21. The summed E-state index contributed by atoms with van der Waals surface area (Å²) >= 11 is 2.37. The van der Waals surface area contributed by atoms with Crippen molar-refractivity contribution in [1.29, 1.82) is 0 Å². The predicted molar refractivity (Wildman–Crippen MR) is 178 cm³/mol. The van der Waals surface area contributed by atoms with Gasteiger partial charge in [-0.1, -0.05) is 75.2 Å². The standard InChI is InChI=1S/C34H37N3O7S2/c1-4-6-17-34(5-2)32(42)37(23-15-11-8-12-16-23)24-18-27(45-3)25(19-26(24)46-33(34)43)44-21-28(38)36-30(22-13-9-7-10-14-22)31(41)35-20-29(39)40/h7-16,18-19,30H,4-6,17,20-21H2,1-3H3,(H,35,41)(H,36,38)(H,39,40). The third-order valence-electron chi connectivity index (χ3n) is 7.74. The van der Waals surface area contributed by atoms with Crippen molar-refractivity contribution >= 4 is 63.7 Å². The van der Waals surface area contributed by atoms with Gasteiger partial charge in [0.15, 0.2) is 6.61 Å². The number of para-hydroxylation sites is 1. The number of hydrogen-bond acceptors (Lipinski definition) is 8. The smallest absolute Gasteiger partial charge is 0.322 e. The van der Waals surface area contributed by atoms with Crippen molar-refractivity contribution in [3.05, 3.63) is 78.4 Å². The molecule has 3 N–H and O–H groups in total. The summed E-state index contributed by atoms with van der Waals surface area (Å²) < 4.78 is 5.97. The van der Waals surface area contributed by atoms with E-state index in [1.54, 1.807) is 47.4 Å². The molecule has 1 aliphatic heterocycles. The number of nitrogens with zero attached hydrogens (tertiary/aromatic N) is 1. The number of ether oxygens (including phenoxy) is 1. The number of carbonyl (C=O) groups excluding carboxylic acids is 4. The van der Waals surface area contributed by atoms with E-state index in [1.807, 2.05) is 50.4 Å². The molecule has 0 aromatic heterocycles. The number of fused-ring (bicyclic) bond motifs is 1. The highest BCUT2D eigenvalue weighted by atomic mass is 32.2. The molecule has 0 saturated carbocycles. The zero-order chi connectivity index (χ0) is 33.3. The molecule has 2 unspecified atom stereocenters. The van der Waals surface area contributed by atoms with Crippen LogP contribution in [0.3, 0.4) is 0 Å². The lowest BCUT2D eigenvalue weighted by atomic mass is 9.79. The van der Waals surface area contributed by atoms with Crippen molar-refractivity contribution in [3.8, 4) is 5.75 Å². The third kappa shape index (κ3) is 7.73. The van der Waals surface area contributed by atoms with E-state index in [1.165, 1.54) is 11.8 Å². The molecule has 10 nitrogen and oxygen atoms in total. The quantitative estimate of drug-likeness (QED) is 0.146. The number of benzene rings is 3. The Kier molecular flexibility index (Phi) is 11.9. The predicted octanol–water partition coefficient (Wildman–Crippen LogP) is 5.73. The van der Waals surface area contributed by atoms with Crippen LogP contribution in [0.1, 0.15) is 51.1 Å². The van der Waals surface area contributed by atoms with Crippen molar-refractivity contribution in [3.63, 3.8) is 0 Å². The molecule has 0 fully saturated rings. The molecule has 12 heteroatoms. The fraction of sp³-hybridized carbons (Fsp3) is 0.324. The van der Waals surface area contributed by atoms with Crippen LogP contribution < -0.4 is 20.3 Å². The molecule has 0 saturated heterocycles. The van der Waals surface area contributed by atoms with Gasteiger partial charge in [-0.05, 0) is 60.7 Å². The number of thioether (sulfide) groups is 2. The maximum absolute atomic E-state index is 14.4. The third-order valence-corrected chi connectivity index (χ3v) is 9.62. The SMILES string of the molecule is CCCCC1(CC)C(=O)Sc2cc(OCC(=O)NC(C(=O)NCC(=O)O)c3ccccc3)c(SC)cc2N(c2ccccc2)C1=O. The van der Waals surface area contributed by atoms with Crippen LogP contribution in [0.4, 0.5) is 11.4 Å².